The lowest BCUT2D eigenvalue weighted by Gasteiger charge is -2.35. The average Bonchev–Trinajstić information content (AvgIpc) is 3.25. The van der Waals surface area contributed by atoms with Crippen LogP contribution in [-0.4, -0.2) is 51.3 Å². The molecule has 0 spiro atoms. The third kappa shape index (κ3) is 3.27. The molecule has 1 aliphatic heterocycles. The third-order valence-corrected chi connectivity index (χ3v) is 5.72. The van der Waals surface area contributed by atoms with Crippen LogP contribution in [0.15, 0.2) is 41.9 Å². The number of thiazole rings is 1. The summed E-state index contributed by atoms with van der Waals surface area (Å²) in [4.78, 5) is 22.5. The molecule has 1 amide bonds. The van der Waals surface area contributed by atoms with Crippen molar-refractivity contribution in [3.8, 4) is 11.3 Å². The summed E-state index contributed by atoms with van der Waals surface area (Å²) in [6.07, 6.45) is 2.10. The van der Waals surface area contributed by atoms with Crippen molar-refractivity contribution >= 4 is 22.2 Å². The van der Waals surface area contributed by atoms with Crippen LogP contribution in [0.2, 0.25) is 0 Å². The highest BCUT2D eigenvalue weighted by Gasteiger charge is 2.24. The Hall–Kier alpha value is -2.18. The lowest BCUT2D eigenvalue weighted by atomic mass is 10.1. The van der Waals surface area contributed by atoms with Crippen LogP contribution >= 0.6 is 11.3 Å². The van der Waals surface area contributed by atoms with Gasteiger partial charge in [0.2, 0.25) is 5.91 Å². The Morgan fingerprint density at radius 2 is 1.88 bits per heavy atom. The molecule has 0 saturated carbocycles. The minimum atomic E-state index is 0.0755. The van der Waals surface area contributed by atoms with Crippen molar-refractivity contribution in [2.45, 2.75) is 20.4 Å². The van der Waals surface area contributed by atoms with E-state index >= 15 is 0 Å². The van der Waals surface area contributed by atoms with Gasteiger partial charge in [-0.2, -0.15) is 0 Å². The van der Waals surface area contributed by atoms with E-state index in [0.29, 0.717) is 0 Å². The molecule has 0 bridgehead atoms. The van der Waals surface area contributed by atoms with E-state index in [1.807, 2.05) is 24.8 Å². The number of carbonyl (C=O) groups is 1. The first-order valence-corrected chi connectivity index (χ1v) is 10.0. The summed E-state index contributed by atoms with van der Waals surface area (Å²) in [5, 5.41) is 2.08. The minimum Gasteiger partial charge on any atom is -0.340 e. The van der Waals surface area contributed by atoms with E-state index in [9.17, 15) is 4.79 Å². The van der Waals surface area contributed by atoms with Crippen LogP contribution in [0.5, 0.6) is 0 Å². The van der Waals surface area contributed by atoms with Crippen molar-refractivity contribution in [2.24, 2.45) is 5.92 Å². The largest absolute Gasteiger partial charge is 0.340 e. The molecule has 0 N–H and O–H groups in total. The smallest absolute Gasteiger partial charge is 0.225 e. The maximum absolute atomic E-state index is 12.2. The second-order valence-corrected chi connectivity index (χ2v) is 7.96. The standard InChI is InChI=1S/C20H24N4OS/c1-15(2)19(25)23-10-8-22(9-11-23)14-17-18(16-6-4-3-5-7-16)21-20-24(17)12-13-26-20/h3-7,12-13,15H,8-11,14H2,1-2H3. The number of carbonyl (C=O) groups excluding carboxylic acids is 1. The Balaban J connectivity index is 1.55. The van der Waals surface area contributed by atoms with Gasteiger partial charge in [-0.05, 0) is 0 Å². The van der Waals surface area contributed by atoms with Crippen LogP contribution in [0, 0.1) is 5.92 Å². The number of hydrogen-bond donors (Lipinski definition) is 0. The van der Waals surface area contributed by atoms with Crippen molar-refractivity contribution in [1.82, 2.24) is 19.2 Å². The summed E-state index contributed by atoms with van der Waals surface area (Å²) in [6, 6.07) is 10.4. The zero-order chi connectivity index (χ0) is 18.1. The molecule has 6 heteroatoms. The number of fused-ring (bicyclic) bond motifs is 1. The first-order valence-electron chi connectivity index (χ1n) is 9.14. The highest BCUT2D eigenvalue weighted by molar-refractivity contribution is 7.15. The fourth-order valence-electron chi connectivity index (χ4n) is 3.51. The van der Waals surface area contributed by atoms with Crippen LogP contribution in [0.3, 0.4) is 0 Å². The molecular formula is C20H24N4OS. The van der Waals surface area contributed by atoms with Gasteiger partial charge in [0.1, 0.15) is 0 Å². The number of hydrogen-bond acceptors (Lipinski definition) is 4. The molecule has 3 aromatic rings. The lowest BCUT2D eigenvalue weighted by molar-refractivity contribution is -0.136. The number of imidazole rings is 1. The summed E-state index contributed by atoms with van der Waals surface area (Å²) in [6.45, 7) is 8.23. The first kappa shape index (κ1) is 17.2. The number of benzene rings is 1. The van der Waals surface area contributed by atoms with Crippen LogP contribution in [0.1, 0.15) is 19.5 Å². The van der Waals surface area contributed by atoms with Gasteiger partial charge in [0, 0.05) is 55.8 Å². The van der Waals surface area contributed by atoms with E-state index in [4.69, 9.17) is 4.98 Å². The molecular weight excluding hydrogens is 344 g/mol. The quantitative estimate of drug-likeness (QED) is 0.709. The van der Waals surface area contributed by atoms with E-state index < -0.39 is 0 Å². The van der Waals surface area contributed by atoms with E-state index in [-0.39, 0.29) is 11.8 Å². The molecule has 3 heterocycles. The van der Waals surface area contributed by atoms with Crippen molar-refractivity contribution in [3.63, 3.8) is 0 Å². The maximum Gasteiger partial charge on any atom is 0.225 e. The first-order chi connectivity index (χ1) is 12.6. The van der Waals surface area contributed by atoms with E-state index in [0.717, 1.165) is 48.9 Å². The number of nitrogens with zero attached hydrogens (tertiary/aromatic N) is 4. The van der Waals surface area contributed by atoms with E-state index in [1.54, 1.807) is 11.3 Å². The molecule has 2 aromatic heterocycles. The Labute approximate surface area is 157 Å². The Kier molecular flexibility index (Phi) is 4.78. The molecule has 26 heavy (non-hydrogen) atoms. The number of aromatic nitrogens is 2. The molecule has 1 aliphatic rings. The predicted molar refractivity (Wildman–Crippen MR) is 105 cm³/mol. The summed E-state index contributed by atoms with van der Waals surface area (Å²) < 4.78 is 2.21. The zero-order valence-corrected chi connectivity index (χ0v) is 16.1. The lowest BCUT2D eigenvalue weighted by Crippen LogP contribution is -2.49. The van der Waals surface area contributed by atoms with Gasteiger partial charge in [0.05, 0.1) is 11.4 Å². The molecule has 5 nitrogen and oxygen atoms in total. The summed E-state index contributed by atoms with van der Waals surface area (Å²) in [5.41, 5.74) is 3.46. The summed E-state index contributed by atoms with van der Waals surface area (Å²) >= 11 is 1.67. The van der Waals surface area contributed by atoms with Gasteiger partial charge in [-0.1, -0.05) is 44.2 Å². The highest BCUT2D eigenvalue weighted by Crippen LogP contribution is 2.28. The molecule has 0 unspecified atom stereocenters. The Bertz CT molecular complexity index is 891. The molecule has 0 atom stereocenters. The minimum absolute atomic E-state index is 0.0755. The van der Waals surface area contributed by atoms with Crippen LogP contribution < -0.4 is 0 Å². The summed E-state index contributed by atoms with van der Waals surface area (Å²) in [7, 11) is 0. The van der Waals surface area contributed by atoms with Gasteiger partial charge >= 0.3 is 0 Å². The molecule has 136 valence electrons. The van der Waals surface area contributed by atoms with Crippen LogP contribution in [0.25, 0.3) is 16.2 Å². The fraction of sp³-hybridized carbons (Fsp3) is 0.400. The molecule has 0 radical (unpaired) electrons. The molecule has 4 rings (SSSR count). The van der Waals surface area contributed by atoms with Gasteiger partial charge < -0.3 is 4.90 Å². The molecule has 1 fully saturated rings. The highest BCUT2D eigenvalue weighted by atomic mass is 32.1. The van der Waals surface area contributed by atoms with Crippen molar-refractivity contribution < 1.29 is 4.79 Å². The van der Waals surface area contributed by atoms with Gasteiger partial charge in [-0.15, -0.1) is 11.3 Å². The second-order valence-electron chi connectivity index (χ2n) is 7.08. The maximum atomic E-state index is 12.2. The van der Waals surface area contributed by atoms with Gasteiger partial charge in [-0.25, -0.2) is 4.98 Å². The second kappa shape index (κ2) is 7.21. The van der Waals surface area contributed by atoms with Crippen molar-refractivity contribution in [2.75, 3.05) is 26.2 Å². The van der Waals surface area contributed by atoms with E-state index in [2.05, 4.69) is 45.1 Å². The average molecular weight is 369 g/mol. The normalized spacial score (nSPS) is 15.9. The fourth-order valence-corrected chi connectivity index (χ4v) is 4.25. The molecule has 1 saturated heterocycles. The Morgan fingerprint density at radius 1 is 1.15 bits per heavy atom. The van der Waals surface area contributed by atoms with Gasteiger partial charge in [0.25, 0.3) is 0 Å². The number of amides is 1. The number of piperazine rings is 1. The third-order valence-electron chi connectivity index (χ3n) is 4.96. The van der Waals surface area contributed by atoms with Gasteiger partial charge in [0.15, 0.2) is 4.96 Å². The predicted octanol–water partition coefficient (Wildman–Crippen LogP) is 3.36. The number of rotatable bonds is 4. The van der Waals surface area contributed by atoms with Crippen molar-refractivity contribution in [3.05, 3.63) is 47.6 Å². The zero-order valence-electron chi connectivity index (χ0n) is 15.3. The summed E-state index contributed by atoms with van der Waals surface area (Å²) in [5.74, 6) is 0.339. The SMILES string of the molecule is CC(C)C(=O)N1CCN(Cc2c(-c3ccccc3)nc3sccn23)CC1. The monoisotopic (exact) mass is 368 g/mol. The topological polar surface area (TPSA) is 40.9 Å². The van der Waals surface area contributed by atoms with Crippen molar-refractivity contribution in [1.29, 1.82) is 0 Å². The van der Waals surface area contributed by atoms with Crippen LogP contribution in [-0.2, 0) is 11.3 Å². The molecule has 1 aromatic carbocycles. The van der Waals surface area contributed by atoms with Crippen LogP contribution in [0.4, 0.5) is 0 Å². The van der Waals surface area contributed by atoms with Gasteiger partial charge in [-0.3, -0.25) is 14.1 Å². The Morgan fingerprint density at radius 3 is 2.58 bits per heavy atom. The van der Waals surface area contributed by atoms with E-state index in [1.165, 1.54) is 5.69 Å². The molecule has 0 aliphatic carbocycles.